The van der Waals surface area contributed by atoms with Gasteiger partial charge in [-0.15, -0.1) is 0 Å². The number of hydrogen-bond donors (Lipinski definition) is 1. The molecule has 1 saturated heterocycles. The maximum absolute atomic E-state index is 14.9. The molecular formula is C43H55NO20. The molecule has 4 bridgehead atoms. The normalized spacial score (nSPS) is 35.9. The van der Waals surface area contributed by atoms with Crippen molar-refractivity contribution >= 4 is 53.7 Å². The molecule has 4 aliphatic rings. The van der Waals surface area contributed by atoms with Gasteiger partial charge in [0.15, 0.2) is 30.0 Å². The van der Waals surface area contributed by atoms with Crippen LogP contribution in [0.3, 0.4) is 0 Å². The number of carbonyl (C=O) groups excluding carboxylic acids is 9. The zero-order chi connectivity index (χ0) is 47.9. The van der Waals surface area contributed by atoms with Crippen LogP contribution in [0.1, 0.15) is 105 Å². The molecule has 1 aromatic rings. The molecule has 352 valence electrons. The van der Waals surface area contributed by atoms with Crippen molar-refractivity contribution in [3.8, 4) is 0 Å². The van der Waals surface area contributed by atoms with E-state index in [1.54, 1.807) is 6.92 Å². The Kier molecular flexibility index (Phi) is 13.9. The third-order valence-corrected chi connectivity index (χ3v) is 12.5. The summed E-state index contributed by atoms with van der Waals surface area (Å²) in [6.45, 7) is 10.6. The Morgan fingerprint density at radius 1 is 0.812 bits per heavy atom. The van der Waals surface area contributed by atoms with Gasteiger partial charge in [0, 0.05) is 54.2 Å². The first-order valence-electron chi connectivity index (χ1n) is 20.7. The van der Waals surface area contributed by atoms with Gasteiger partial charge in [0.05, 0.1) is 23.1 Å². The number of aliphatic hydroxyl groups is 1. The first-order chi connectivity index (χ1) is 29.7. The van der Waals surface area contributed by atoms with Gasteiger partial charge in [0.25, 0.3) is 0 Å². The van der Waals surface area contributed by atoms with E-state index in [1.165, 1.54) is 39.1 Å². The van der Waals surface area contributed by atoms with Gasteiger partial charge in [0.2, 0.25) is 5.60 Å². The van der Waals surface area contributed by atoms with Crippen LogP contribution in [0.5, 0.6) is 0 Å². The number of carbonyl (C=O) groups is 9. The molecule has 3 fully saturated rings. The van der Waals surface area contributed by atoms with Crippen molar-refractivity contribution in [1.82, 2.24) is 4.98 Å². The lowest BCUT2D eigenvalue weighted by Gasteiger charge is -2.67. The Morgan fingerprint density at radius 2 is 1.39 bits per heavy atom. The molecule has 5 rings (SSSR count). The van der Waals surface area contributed by atoms with Crippen LogP contribution >= 0.6 is 0 Å². The molecular weight excluding hydrogens is 850 g/mol. The van der Waals surface area contributed by atoms with Gasteiger partial charge >= 0.3 is 53.7 Å². The molecule has 1 aromatic heterocycles. The van der Waals surface area contributed by atoms with E-state index >= 15 is 0 Å². The van der Waals surface area contributed by atoms with Crippen molar-refractivity contribution < 1.29 is 95.6 Å². The highest BCUT2D eigenvalue weighted by atomic mass is 16.7. The number of cyclic esters (lactones) is 1. The van der Waals surface area contributed by atoms with Crippen LogP contribution in [-0.4, -0.2) is 136 Å². The van der Waals surface area contributed by atoms with E-state index < -0.39 is 150 Å². The maximum atomic E-state index is 14.9. The number of nitrogens with zero attached hydrogens (tertiary/aromatic N) is 1. The number of fused-ring (bicyclic) bond motifs is 5. The molecule has 21 heteroatoms. The summed E-state index contributed by atoms with van der Waals surface area (Å²) < 4.78 is 60.9. The molecule has 1 N–H and O–H groups in total. The number of hydrogen-bond acceptors (Lipinski definition) is 21. The van der Waals surface area contributed by atoms with Gasteiger partial charge in [-0.2, -0.15) is 0 Å². The Morgan fingerprint density at radius 3 is 1.95 bits per heavy atom. The molecule has 2 saturated carbocycles. The summed E-state index contributed by atoms with van der Waals surface area (Å²) in [7, 11) is 0. The van der Waals surface area contributed by atoms with Crippen molar-refractivity contribution in [2.24, 2.45) is 17.3 Å². The van der Waals surface area contributed by atoms with Gasteiger partial charge in [-0.25, -0.2) is 9.59 Å². The maximum Gasteiger partial charge on any atom is 0.350 e. The summed E-state index contributed by atoms with van der Waals surface area (Å²) in [5.41, 5.74) is -13.0. The SMILES string of the molecule is CC[C@@H](C)C(=O)O[C@H]1[C@@H](OC(C)=O)[C@@H]2OC(=O)[C@](C)(OC(C)=O)CCc3ncccc3C(=O)OC[C@]3(C)O[C@@]4([C@H](OC(C)=O)[C@H]3[C@H](OC(C)=O)[C@@H](OC(C)=O)[C@]14COC(C)=O)[C@@]2(C)O. The van der Waals surface area contributed by atoms with Crippen LogP contribution in [0.4, 0.5) is 0 Å². The van der Waals surface area contributed by atoms with E-state index in [1.807, 2.05) is 0 Å². The first kappa shape index (κ1) is 49.3. The van der Waals surface area contributed by atoms with Crippen LogP contribution in [0.15, 0.2) is 18.3 Å². The Hall–Kier alpha value is -5.70. The third-order valence-electron chi connectivity index (χ3n) is 12.5. The lowest BCUT2D eigenvalue weighted by molar-refractivity contribution is -0.387. The fourth-order valence-corrected chi connectivity index (χ4v) is 9.79. The molecule has 0 radical (unpaired) electrons. The van der Waals surface area contributed by atoms with Gasteiger partial charge in [-0.05, 0) is 45.7 Å². The van der Waals surface area contributed by atoms with Crippen molar-refractivity contribution in [3.05, 3.63) is 29.6 Å². The summed E-state index contributed by atoms with van der Waals surface area (Å²) in [4.78, 5) is 127. The molecule has 3 heterocycles. The van der Waals surface area contributed by atoms with Gasteiger partial charge in [0.1, 0.15) is 42.0 Å². The lowest BCUT2D eigenvalue weighted by atomic mass is 9.45. The van der Waals surface area contributed by atoms with Crippen LogP contribution < -0.4 is 0 Å². The summed E-state index contributed by atoms with van der Waals surface area (Å²) in [5.74, 6) is -12.2. The number of aryl methyl sites for hydroxylation is 1. The predicted octanol–water partition coefficient (Wildman–Crippen LogP) is 1.57. The van der Waals surface area contributed by atoms with Crippen molar-refractivity contribution in [3.63, 3.8) is 0 Å². The molecule has 2 aliphatic carbocycles. The summed E-state index contributed by atoms with van der Waals surface area (Å²) >= 11 is 0. The van der Waals surface area contributed by atoms with E-state index in [0.717, 1.165) is 48.5 Å². The second-order valence-electron chi connectivity index (χ2n) is 17.2. The Balaban J connectivity index is 2.04. The minimum atomic E-state index is -2.98. The zero-order valence-corrected chi connectivity index (χ0v) is 37.5. The number of ether oxygens (including phenoxy) is 10. The number of esters is 9. The number of aromatic nitrogens is 1. The highest BCUT2D eigenvalue weighted by Crippen LogP contribution is 2.70. The molecule has 1 spiro atoms. The molecule has 0 amide bonds. The standard InChI is InChI=1S/C43H55NO20/c1-12-20(2)36(51)61-35-31(58-23(5)47)33-41(11,54)43-32(59-24(6)48)29(30(57-22(4)46)34(60-25(7)49)42(35,43)19-55-21(3)45)40(10,64-43)18-56-37(52)27-14-13-17-44-28(27)15-16-39(9,38(53)62-33)63-26(8)50/h13-14,17,20,29-35,54H,12,15-16,18-19H2,1-11H3/t20-,29-,30+,31+,32-,33+,34-,35+,39-,40+,41+,42-,43+/m1/s1. The minimum absolute atomic E-state index is 0.0785. The topological polar surface area (TPSA) is 279 Å². The highest BCUT2D eigenvalue weighted by molar-refractivity contribution is 5.90. The van der Waals surface area contributed by atoms with E-state index in [4.69, 9.17) is 47.4 Å². The molecule has 13 atom stereocenters. The van der Waals surface area contributed by atoms with Crippen LogP contribution in [0.25, 0.3) is 0 Å². The second kappa shape index (κ2) is 18.1. The fourth-order valence-electron chi connectivity index (χ4n) is 9.79. The van der Waals surface area contributed by atoms with Gasteiger partial charge in [-0.3, -0.25) is 38.5 Å². The van der Waals surface area contributed by atoms with Crippen LogP contribution in [0, 0.1) is 17.3 Å². The quantitative estimate of drug-likeness (QED) is 0.258. The average molecular weight is 906 g/mol. The molecule has 64 heavy (non-hydrogen) atoms. The molecule has 0 aromatic carbocycles. The summed E-state index contributed by atoms with van der Waals surface area (Å²) in [6, 6.07) is 2.81. The summed E-state index contributed by atoms with van der Waals surface area (Å²) in [6.07, 6.45) is -11.8. The highest BCUT2D eigenvalue weighted by Gasteiger charge is 2.92. The minimum Gasteiger partial charge on any atom is -0.465 e. The fraction of sp³-hybridized carbons (Fsp3) is 0.674. The Labute approximate surface area is 368 Å². The largest absolute Gasteiger partial charge is 0.465 e. The molecule has 2 aliphatic heterocycles. The van der Waals surface area contributed by atoms with E-state index in [-0.39, 0.29) is 24.1 Å². The van der Waals surface area contributed by atoms with E-state index in [0.29, 0.717) is 0 Å². The van der Waals surface area contributed by atoms with Crippen molar-refractivity contribution in [2.75, 3.05) is 13.2 Å². The monoisotopic (exact) mass is 905 g/mol. The van der Waals surface area contributed by atoms with E-state index in [2.05, 4.69) is 4.98 Å². The van der Waals surface area contributed by atoms with Crippen LogP contribution in [0.2, 0.25) is 0 Å². The smallest absolute Gasteiger partial charge is 0.350 e. The molecule has 0 unspecified atom stereocenters. The number of pyridine rings is 1. The third kappa shape index (κ3) is 8.50. The van der Waals surface area contributed by atoms with Gasteiger partial charge < -0.3 is 52.5 Å². The van der Waals surface area contributed by atoms with Gasteiger partial charge in [-0.1, -0.05) is 13.8 Å². The predicted molar refractivity (Wildman–Crippen MR) is 210 cm³/mol. The first-order valence-corrected chi connectivity index (χ1v) is 20.7. The second-order valence-corrected chi connectivity index (χ2v) is 17.2. The van der Waals surface area contributed by atoms with Crippen molar-refractivity contribution in [1.29, 1.82) is 0 Å². The van der Waals surface area contributed by atoms with E-state index in [9.17, 15) is 48.3 Å². The van der Waals surface area contributed by atoms with Crippen LogP contribution in [-0.2, 0) is 92.1 Å². The van der Waals surface area contributed by atoms with Crippen molar-refractivity contribution in [2.45, 2.75) is 154 Å². The number of rotatable bonds is 10. The molecule has 21 nitrogen and oxygen atoms in total. The summed E-state index contributed by atoms with van der Waals surface area (Å²) in [5, 5.41) is 13.7. The zero-order valence-electron chi connectivity index (χ0n) is 37.5. The lowest BCUT2D eigenvalue weighted by Crippen LogP contribution is -2.89. The average Bonchev–Trinajstić information content (AvgIpc) is 3.41. The Bertz CT molecular complexity index is 2090.